The average molecular weight is 400 g/mol. The van der Waals surface area contributed by atoms with Crippen LogP contribution in [0.2, 0.25) is 10.0 Å². The van der Waals surface area contributed by atoms with Gasteiger partial charge in [-0.15, -0.1) is 0 Å². The third-order valence-electron chi connectivity index (χ3n) is 5.60. The van der Waals surface area contributed by atoms with Crippen molar-refractivity contribution in [1.29, 1.82) is 0 Å². The van der Waals surface area contributed by atoms with Gasteiger partial charge in [0.05, 0.1) is 22.0 Å². The summed E-state index contributed by atoms with van der Waals surface area (Å²) >= 11 is 12.6. The van der Waals surface area contributed by atoms with Gasteiger partial charge < -0.3 is 15.6 Å². The quantitative estimate of drug-likeness (QED) is 0.425. The number of rotatable bonds is 2. The van der Waals surface area contributed by atoms with Crippen LogP contribution in [-0.2, 0) is 7.05 Å². The predicted octanol–water partition coefficient (Wildman–Crippen LogP) is 4.77. The molecule has 27 heavy (non-hydrogen) atoms. The van der Waals surface area contributed by atoms with Crippen molar-refractivity contribution in [3.63, 3.8) is 0 Å². The lowest BCUT2D eigenvalue weighted by Gasteiger charge is -2.25. The van der Waals surface area contributed by atoms with Crippen LogP contribution >= 0.6 is 23.2 Å². The van der Waals surface area contributed by atoms with Crippen molar-refractivity contribution in [2.75, 3.05) is 18.4 Å². The molecule has 3 heterocycles. The summed E-state index contributed by atoms with van der Waals surface area (Å²) in [4.78, 5) is 3.61. The molecule has 0 bridgehead atoms. The number of aromatic amines is 1. The number of piperidine rings is 1. The Morgan fingerprint density at radius 2 is 1.70 bits per heavy atom. The molecule has 3 N–H and O–H groups in total. The maximum Gasteiger partial charge on any atom is 0.240 e. The zero-order chi connectivity index (χ0) is 18.5. The molecule has 4 nitrogen and oxygen atoms in total. The van der Waals surface area contributed by atoms with E-state index in [2.05, 4.69) is 39.4 Å². The third kappa shape index (κ3) is 2.83. The highest BCUT2D eigenvalue weighted by Crippen LogP contribution is 2.36. The number of aryl methyl sites for hydroxylation is 1. The van der Waals surface area contributed by atoms with Gasteiger partial charge >= 0.3 is 0 Å². The van der Waals surface area contributed by atoms with Gasteiger partial charge in [0, 0.05) is 22.2 Å². The summed E-state index contributed by atoms with van der Waals surface area (Å²) in [5.74, 6) is 0. The van der Waals surface area contributed by atoms with Gasteiger partial charge in [0.15, 0.2) is 0 Å². The van der Waals surface area contributed by atoms with Crippen molar-refractivity contribution >= 4 is 61.7 Å². The molecule has 1 saturated heterocycles. The number of nitrogens with zero attached hydrogens (tertiary/aromatic N) is 1. The van der Waals surface area contributed by atoms with Crippen molar-refractivity contribution in [3.05, 3.63) is 46.4 Å². The van der Waals surface area contributed by atoms with Gasteiger partial charge in [0.1, 0.15) is 12.6 Å². The summed E-state index contributed by atoms with van der Waals surface area (Å²) in [6, 6.07) is 12.6. The average Bonchev–Trinajstić information content (AvgIpc) is 3.04. The number of aromatic nitrogens is 2. The minimum atomic E-state index is 0.455. The second kappa shape index (κ2) is 6.55. The van der Waals surface area contributed by atoms with Crippen molar-refractivity contribution in [3.8, 4) is 0 Å². The lowest BCUT2D eigenvalue weighted by molar-refractivity contribution is -0.616. The zero-order valence-electron chi connectivity index (χ0n) is 15.1. The summed E-state index contributed by atoms with van der Waals surface area (Å²) in [6.07, 6.45) is 2.23. The van der Waals surface area contributed by atoms with E-state index < -0.39 is 0 Å². The predicted molar refractivity (Wildman–Crippen MR) is 114 cm³/mol. The molecule has 0 saturated carbocycles. The summed E-state index contributed by atoms with van der Waals surface area (Å²) in [6.45, 7) is 2.10. The molecule has 0 spiro atoms. The Bertz CT molecular complexity index is 1180. The van der Waals surface area contributed by atoms with Gasteiger partial charge in [-0.25, -0.2) is 0 Å². The second-order valence-electron chi connectivity index (χ2n) is 7.30. The molecule has 1 fully saturated rings. The maximum absolute atomic E-state index is 6.33. The van der Waals surface area contributed by atoms with E-state index in [1.807, 2.05) is 24.3 Å². The zero-order valence-corrected chi connectivity index (χ0v) is 16.6. The second-order valence-corrected chi connectivity index (χ2v) is 8.18. The monoisotopic (exact) mass is 399 g/mol. The molecule has 0 unspecified atom stereocenters. The topological polar surface area (TPSA) is 43.7 Å². The fraction of sp³-hybridized carbons (Fsp3) is 0.286. The first-order chi connectivity index (χ1) is 13.1. The van der Waals surface area contributed by atoms with Crippen LogP contribution in [0.25, 0.3) is 32.8 Å². The van der Waals surface area contributed by atoms with Gasteiger partial charge in [-0.1, -0.05) is 23.2 Å². The van der Waals surface area contributed by atoms with E-state index in [4.69, 9.17) is 23.2 Å². The van der Waals surface area contributed by atoms with Gasteiger partial charge in [-0.3, -0.25) is 0 Å². The van der Waals surface area contributed by atoms with Crippen LogP contribution in [0, 0.1) is 0 Å². The van der Waals surface area contributed by atoms with Gasteiger partial charge in [-0.05, 0) is 56.3 Å². The Hall–Kier alpha value is -2.01. The van der Waals surface area contributed by atoms with E-state index in [1.54, 1.807) is 0 Å². The van der Waals surface area contributed by atoms with Crippen LogP contribution in [0.5, 0.6) is 0 Å². The Balaban J connectivity index is 1.85. The van der Waals surface area contributed by atoms with Crippen LogP contribution in [0.15, 0.2) is 36.4 Å². The minimum absolute atomic E-state index is 0.455. The van der Waals surface area contributed by atoms with Crippen LogP contribution in [0.1, 0.15) is 12.8 Å². The number of hydrogen-bond donors (Lipinski definition) is 3. The van der Waals surface area contributed by atoms with Gasteiger partial charge in [0.2, 0.25) is 11.0 Å². The van der Waals surface area contributed by atoms with Crippen LogP contribution in [0.4, 0.5) is 5.69 Å². The Kier molecular flexibility index (Phi) is 4.15. The van der Waals surface area contributed by atoms with E-state index in [9.17, 15) is 0 Å². The fourth-order valence-electron chi connectivity index (χ4n) is 4.25. The molecule has 0 radical (unpaired) electrons. The summed E-state index contributed by atoms with van der Waals surface area (Å²) in [5.41, 5.74) is 5.58. The lowest BCUT2D eigenvalue weighted by Crippen LogP contribution is -2.36. The van der Waals surface area contributed by atoms with Gasteiger partial charge in [-0.2, -0.15) is 4.57 Å². The van der Waals surface area contributed by atoms with Crippen LogP contribution in [-0.4, -0.2) is 24.1 Å². The van der Waals surface area contributed by atoms with E-state index in [0.29, 0.717) is 6.04 Å². The first-order valence-corrected chi connectivity index (χ1v) is 10.1. The molecule has 0 atom stereocenters. The van der Waals surface area contributed by atoms with Crippen molar-refractivity contribution in [2.45, 2.75) is 18.9 Å². The normalized spacial score (nSPS) is 15.8. The number of nitrogens with one attached hydrogen (secondary N) is 3. The first kappa shape index (κ1) is 17.1. The molecule has 0 aliphatic carbocycles. The van der Waals surface area contributed by atoms with E-state index in [-0.39, 0.29) is 0 Å². The van der Waals surface area contributed by atoms with Crippen LogP contribution < -0.4 is 15.2 Å². The van der Waals surface area contributed by atoms with Crippen molar-refractivity contribution in [1.82, 2.24) is 10.3 Å². The Labute approximate surface area is 167 Å². The Morgan fingerprint density at radius 3 is 2.48 bits per heavy atom. The molecule has 6 heteroatoms. The van der Waals surface area contributed by atoms with Crippen LogP contribution in [0.3, 0.4) is 0 Å². The van der Waals surface area contributed by atoms with E-state index >= 15 is 0 Å². The highest BCUT2D eigenvalue weighted by molar-refractivity contribution is 6.32. The number of pyridine rings is 1. The molecular formula is C21H21Cl2N4+. The molecule has 2 aromatic heterocycles. The SMILES string of the molecule is C[n+]1c2cc(Cl)ccc2c(NC2CCNCC2)c2[nH]c3cc(Cl)ccc3c21. The molecule has 138 valence electrons. The summed E-state index contributed by atoms with van der Waals surface area (Å²) in [7, 11) is 2.09. The summed E-state index contributed by atoms with van der Waals surface area (Å²) < 4.78 is 2.22. The Morgan fingerprint density at radius 1 is 1.00 bits per heavy atom. The number of benzene rings is 2. The number of fused-ring (bicyclic) bond motifs is 4. The molecule has 1 aliphatic rings. The molecule has 2 aromatic carbocycles. The minimum Gasteiger partial charge on any atom is -0.380 e. The number of H-pyrrole nitrogens is 1. The smallest absolute Gasteiger partial charge is 0.240 e. The lowest BCUT2D eigenvalue weighted by atomic mass is 10.0. The highest BCUT2D eigenvalue weighted by atomic mass is 35.5. The fourth-order valence-corrected chi connectivity index (χ4v) is 4.59. The molecule has 4 aromatic rings. The number of anilines is 1. The van der Waals surface area contributed by atoms with E-state index in [1.165, 1.54) is 5.39 Å². The maximum atomic E-state index is 6.33. The molecule has 1 aliphatic heterocycles. The van der Waals surface area contributed by atoms with Crippen molar-refractivity contribution < 1.29 is 4.57 Å². The molecular weight excluding hydrogens is 379 g/mol. The van der Waals surface area contributed by atoms with Crippen molar-refractivity contribution in [2.24, 2.45) is 7.05 Å². The summed E-state index contributed by atoms with van der Waals surface area (Å²) in [5, 5.41) is 11.1. The highest BCUT2D eigenvalue weighted by Gasteiger charge is 2.25. The first-order valence-electron chi connectivity index (χ1n) is 9.31. The van der Waals surface area contributed by atoms with E-state index in [0.717, 1.165) is 69.1 Å². The molecule has 5 rings (SSSR count). The largest absolute Gasteiger partial charge is 0.380 e. The third-order valence-corrected chi connectivity index (χ3v) is 6.07. The standard InChI is InChI=1S/C21H20Cl2N4/c1-27-18-11-13(23)3-5-16(18)19(25-14-6-8-24-9-7-14)20-21(27)15-4-2-12(22)10-17(15)26-20/h2-5,10-11,14,24H,6-9H2,1H3,(H,25,26)/p+1. The number of hydrogen-bond acceptors (Lipinski definition) is 2. The number of halogens is 2. The van der Waals surface area contributed by atoms with Gasteiger partial charge in [0.25, 0.3) is 0 Å². The molecule has 0 amide bonds.